The summed E-state index contributed by atoms with van der Waals surface area (Å²) in [6, 6.07) is 14.7. The Kier molecular flexibility index (Phi) is 11.7. The van der Waals surface area contributed by atoms with E-state index in [0.717, 1.165) is 23.2 Å². The van der Waals surface area contributed by atoms with Gasteiger partial charge < -0.3 is 31.1 Å². The summed E-state index contributed by atoms with van der Waals surface area (Å²) in [5.41, 5.74) is 3.97. The minimum Gasteiger partial charge on any atom is -0.483 e. The number of hydrogen-bond acceptors (Lipinski definition) is 7. The number of nitrogens with zero attached hydrogens (tertiary/aromatic N) is 3. The van der Waals surface area contributed by atoms with Gasteiger partial charge in [0.25, 0.3) is 12.4 Å². The van der Waals surface area contributed by atoms with Crippen LogP contribution in [0.25, 0.3) is 0 Å². The number of aryl methyl sites for hydroxylation is 1. The lowest BCUT2D eigenvalue weighted by Gasteiger charge is -2.25. The van der Waals surface area contributed by atoms with Crippen LogP contribution in [0.5, 0.6) is 0 Å². The number of amides is 2. The second-order valence-electron chi connectivity index (χ2n) is 9.54. The zero-order chi connectivity index (χ0) is 28.9. The molecule has 1 aliphatic rings. The average molecular weight is 551 g/mol. The third-order valence-electron chi connectivity index (χ3n) is 6.47. The molecule has 1 aliphatic heterocycles. The van der Waals surface area contributed by atoms with Gasteiger partial charge in [-0.2, -0.15) is 5.10 Å². The quantitative estimate of drug-likeness (QED) is 0.216. The summed E-state index contributed by atoms with van der Waals surface area (Å²) in [4.78, 5) is 35.9. The Labute approximate surface area is 234 Å². The maximum Gasteiger partial charge on any atom is 0.290 e. The number of hydrogen-bond donors (Lipinski definition) is 5. The van der Waals surface area contributed by atoms with E-state index < -0.39 is 12.1 Å². The van der Waals surface area contributed by atoms with Crippen molar-refractivity contribution in [1.29, 1.82) is 0 Å². The SMILES string of the molecule is CCNc1cc(C(=O)N[C@@H](Cc2ccccc2)[C@H](O)CNCc2cnn(C)c2)cc(N2CCCC2=O)c1.O=CO. The van der Waals surface area contributed by atoms with E-state index in [0.29, 0.717) is 50.3 Å². The maximum absolute atomic E-state index is 13.5. The first kappa shape index (κ1) is 30.3. The van der Waals surface area contributed by atoms with Gasteiger partial charge in [-0.25, -0.2) is 0 Å². The van der Waals surface area contributed by atoms with Crippen LogP contribution in [-0.2, 0) is 29.6 Å². The standard InChI is InChI=1S/C28H36N6O3.CH2O2/c1-3-30-23-13-22(14-24(15-23)34-11-7-10-27(34)36)28(37)32-25(12-20-8-5-4-6-9-20)26(35)18-29-16-21-17-31-33(2)19-21;2-1-3/h4-6,8-9,13-15,17,19,25-26,29-30,35H,3,7,10-12,16,18H2,1-2H3,(H,32,37);1H,(H,2,3)/t25-,26+;/m0./s1. The van der Waals surface area contributed by atoms with E-state index in [4.69, 9.17) is 9.90 Å². The van der Waals surface area contributed by atoms with Gasteiger partial charge in [0.1, 0.15) is 0 Å². The fraction of sp³-hybridized carbons (Fsp3) is 0.379. The molecule has 0 spiro atoms. The van der Waals surface area contributed by atoms with Crippen LogP contribution < -0.4 is 20.9 Å². The van der Waals surface area contributed by atoms with Gasteiger partial charge in [-0.05, 0) is 43.5 Å². The second-order valence-corrected chi connectivity index (χ2v) is 9.54. The molecule has 1 fully saturated rings. The molecule has 0 aliphatic carbocycles. The Morgan fingerprint density at radius 3 is 2.55 bits per heavy atom. The van der Waals surface area contributed by atoms with E-state index in [-0.39, 0.29) is 18.3 Å². The van der Waals surface area contributed by atoms with Crippen LogP contribution in [0.4, 0.5) is 11.4 Å². The van der Waals surface area contributed by atoms with Gasteiger partial charge in [0.15, 0.2) is 0 Å². The lowest BCUT2D eigenvalue weighted by molar-refractivity contribution is -0.123. The van der Waals surface area contributed by atoms with Gasteiger partial charge in [0.2, 0.25) is 5.91 Å². The van der Waals surface area contributed by atoms with Crippen molar-refractivity contribution in [2.75, 3.05) is 29.9 Å². The Morgan fingerprint density at radius 1 is 1.18 bits per heavy atom. The topological polar surface area (TPSA) is 149 Å². The highest BCUT2D eigenvalue weighted by Crippen LogP contribution is 2.27. The van der Waals surface area contributed by atoms with Gasteiger partial charge in [-0.3, -0.25) is 19.1 Å². The van der Waals surface area contributed by atoms with E-state index in [1.807, 2.05) is 56.6 Å². The minimum atomic E-state index is -0.822. The van der Waals surface area contributed by atoms with Crippen molar-refractivity contribution in [3.8, 4) is 0 Å². The molecule has 1 saturated heterocycles. The van der Waals surface area contributed by atoms with Gasteiger partial charge in [-0.1, -0.05) is 30.3 Å². The smallest absolute Gasteiger partial charge is 0.290 e. The summed E-state index contributed by atoms with van der Waals surface area (Å²) >= 11 is 0. The Bertz CT molecular complexity index is 1250. The first-order valence-electron chi connectivity index (χ1n) is 13.3. The van der Waals surface area contributed by atoms with Crippen molar-refractivity contribution in [2.24, 2.45) is 7.05 Å². The molecule has 2 aromatic carbocycles. The number of aromatic nitrogens is 2. The number of carbonyl (C=O) groups excluding carboxylic acids is 2. The molecule has 5 N–H and O–H groups in total. The normalized spacial score (nSPS) is 14.2. The van der Waals surface area contributed by atoms with Crippen molar-refractivity contribution in [3.63, 3.8) is 0 Å². The number of aliphatic hydroxyl groups is 1. The summed E-state index contributed by atoms with van der Waals surface area (Å²) in [6.07, 6.45) is 4.68. The first-order chi connectivity index (χ1) is 19.3. The Morgan fingerprint density at radius 2 is 1.93 bits per heavy atom. The van der Waals surface area contributed by atoms with Crippen molar-refractivity contribution in [3.05, 3.63) is 77.6 Å². The van der Waals surface area contributed by atoms with Gasteiger partial charge in [-0.15, -0.1) is 0 Å². The van der Waals surface area contributed by atoms with Crippen LogP contribution >= 0.6 is 0 Å². The predicted molar refractivity (Wildman–Crippen MR) is 153 cm³/mol. The number of carbonyl (C=O) groups is 3. The van der Waals surface area contributed by atoms with Crippen LogP contribution in [0.2, 0.25) is 0 Å². The summed E-state index contributed by atoms with van der Waals surface area (Å²) in [5, 5.41) is 31.7. The summed E-state index contributed by atoms with van der Waals surface area (Å²) in [6.45, 7) is 3.94. The number of nitrogens with one attached hydrogen (secondary N) is 3. The van der Waals surface area contributed by atoms with Crippen LogP contribution in [-0.4, -0.2) is 70.1 Å². The highest BCUT2D eigenvalue weighted by molar-refractivity contribution is 6.00. The molecule has 1 aromatic heterocycles. The largest absolute Gasteiger partial charge is 0.483 e. The molecule has 2 heterocycles. The highest BCUT2D eigenvalue weighted by atomic mass is 16.3. The molecule has 40 heavy (non-hydrogen) atoms. The molecule has 214 valence electrons. The van der Waals surface area contributed by atoms with Crippen molar-refractivity contribution in [2.45, 2.75) is 44.9 Å². The lowest BCUT2D eigenvalue weighted by Crippen LogP contribution is -2.48. The zero-order valence-corrected chi connectivity index (χ0v) is 22.9. The number of aliphatic hydroxyl groups excluding tert-OH is 1. The number of rotatable bonds is 12. The molecule has 2 atom stereocenters. The summed E-state index contributed by atoms with van der Waals surface area (Å²) in [5.74, 6) is -0.225. The molecule has 4 rings (SSSR count). The molecule has 0 saturated carbocycles. The lowest BCUT2D eigenvalue weighted by atomic mass is 10.00. The van der Waals surface area contributed by atoms with Gasteiger partial charge in [0.05, 0.1) is 18.3 Å². The molecule has 0 bridgehead atoms. The van der Waals surface area contributed by atoms with Crippen LogP contribution in [0.1, 0.15) is 41.3 Å². The van der Waals surface area contributed by atoms with Gasteiger partial charge >= 0.3 is 0 Å². The fourth-order valence-electron chi connectivity index (χ4n) is 4.60. The van der Waals surface area contributed by atoms with Crippen LogP contribution in [0.3, 0.4) is 0 Å². The molecule has 0 radical (unpaired) electrons. The molecule has 3 aromatic rings. The number of anilines is 2. The third-order valence-corrected chi connectivity index (χ3v) is 6.47. The van der Waals surface area contributed by atoms with Crippen LogP contribution in [0.15, 0.2) is 60.9 Å². The molecule has 0 unspecified atom stereocenters. The predicted octanol–water partition coefficient (Wildman–Crippen LogP) is 2.17. The Hall–Kier alpha value is -4.22. The van der Waals surface area contributed by atoms with Crippen LogP contribution in [0, 0.1) is 0 Å². The van der Waals surface area contributed by atoms with E-state index >= 15 is 0 Å². The maximum atomic E-state index is 13.5. The molecule has 11 nitrogen and oxygen atoms in total. The zero-order valence-electron chi connectivity index (χ0n) is 22.9. The van der Waals surface area contributed by atoms with Crippen molar-refractivity contribution in [1.82, 2.24) is 20.4 Å². The van der Waals surface area contributed by atoms with E-state index in [1.165, 1.54) is 0 Å². The van der Waals surface area contributed by atoms with E-state index in [9.17, 15) is 14.7 Å². The van der Waals surface area contributed by atoms with Crippen molar-refractivity contribution >= 4 is 29.7 Å². The molecular weight excluding hydrogens is 512 g/mol. The minimum absolute atomic E-state index is 0.0667. The van der Waals surface area contributed by atoms with Crippen molar-refractivity contribution < 1.29 is 24.6 Å². The second kappa shape index (κ2) is 15.4. The molecule has 11 heteroatoms. The molecule has 2 amide bonds. The number of carboxylic acid groups (broad SMARTS) is 1. The number of benzene rings is 2. The Balaban J connectivity index is 0.00000141. The first-order valence-corrected chi connectivity index (χ1v) is 13.3. The highest BCUT2D eigenvalue weighted by Gasteiger charge is 2.25. The fourth-order valence-corrected chi connectivity index (χ4v) is 4.60. The summed E-state index contributed by atoms with van der Waals surface area (Å²) < 4.78 is 1.73. The molecular formula is C29H38N6O5. The third kappa shape index (κ3) is 8.92. The average Bonchev–Trinajstić information content (AvgIpc) is 3.56. The monoisotopic (exact) mass is 550 g/mol. The van der Waals surface area contributed by atoms with E-state index in [2.05, 4.69) is 21.0 Å². The van der Waals surface area contributed by atoms with Gasteiger partial charge in [0, 0.05) is 68.3 Å². The van der Waals surface area contributed by atoms with E-state index in [1.54, 1.807) is 27.9 Å². The summed E-state index contributed by atoms with van der Waals surface area (Å²) in [7, 11) is 1.86.